The number of rotatable bonds is 4. The van der Waals surface area contributed by atoms with E-state index in [0.717, 1.165) is 11.3 Å². The topological polar surface area (TPSA) is 46.3 Å². The smallest absolute Gasteiger partial charge is 0.280 e. The van der Waals surface area contributed by atoms with Crippen molar-refractivity contribution < 1.29 is 9.32 Å². The molecule has 0 saturated carbocycles. The van der Waals surface area contributed by atoms with Crippen LogP contribution >= 0.6 is 0 Å². The summed E-state index contributed by atoms with van der Waals surface area (Å²) in [5, 5.41) is 3.97. The van der Waals surface area contributed by atoms with Crippen LogP contribution in [0, 0.1) is 13.8 Å². The number of hydrogen-bond donors (Lipinski definition) is 0. The minimum Gasteiger partial charge on any atom is -0.355 e. The highest BCUT2D eigenvalue weighted by Crippen LogP contribution is 2.24. The minimum absolute atomic E-state index is 0.164. The summed E-state index contributed by atoms with van der Waals surface area (Å²) in [5.41, 5.74) is 4.48. The molecule has 0 aliphatic rings. The molecule has 0 saturated heterocycles. The third-order valence-corrected chi connectivity index (χ3v) is 4.15. The molecule has 0 bridgehead atoms. The second-order valence-corrected chi connectivity index (χ2v) is 5.76. The van der Waals surface area contributed by atoms with Crippen LogP contribution in [-0.4, -0.2) is 17.6 Å². The number of carbonyl (C=O) groups excluding carboxylic acids is 1. The predicted molar refractivity (Wildman–Crippen MR) is 95.2 cm³/mol. The molecule has 122 valence electrons. The van der Waals surface area contributed by atoms with E-state index in [1.165, 1.54) is 11.1 Å². The van der Waals surface area contributed by atoms with Crippen LogP contribution in [0.15, 0.2) is 59.1 Å². The Bertz CT molecular complexity index is 853. The highest BCUT2D eigenvalue weighted by molar-refractivity contribution is 6.05. The summed E-state index contributed by atoms with van der Waals surface area (Å²) < 4.78 is 5.40. The van der Waals surface area contributed by atoms with Crippen LogP contribution in [0.1, 0.15) is 28.5 Å². The molecule has 0 atom stereocenters. The van der Waals surface area contributed by atoms with Gasteiger partial charge in [-0.1, -0.05) is 35.5 Å². The lowest BCUT2D eigenvalue weighted by atomic mass is 10.0. The molecule has 3 aromatic rings. The molecular weight excluding hydrogens is 300 g/mol. The van der Waals surface area contributed by atoms with Crippen LogP contribution < -0.4 is 4.90 Å². The van der Waals surface area contributed by atoms with Crippen LogP contribution in [-0.2, 0) is 0 Å². The molecule has 1 heterocycles. The molecular formula is C20H20N2O2. The van der Waals surface area contributed by atoms with Gasteiger partial charge >= 0.3 is 0 Å². The standard InChI is InChI=1S/C20H20N2O2/c1-4-22(17-8-6-5-7-9-17)20(23)18-13-19(24-21-18)16-11-10-14(2)15(3)12-16/h5-13H,4H2,1-3H3. The van der Waals surface area contributed by atoms with Gasteiger partial charge in [0.25, 0.3) is 5.91 Å². The quantitative estimate of drug-likeness (QED) is 0.704. The maximum atomic E-state index is 12.7. The summed E-state index contributed by atoms with van der Waals surface area (Å²) in [6.45, 7) is 6.62. The monoisotopic (exact) mass is 320 g/mol. The number of hydrogen-bond acceptors (Lipinski definition) is 3. The number of benzene rings is 2. The maximum Gasteiger partial charge on any atom is 0.280 e. The molecule has 4 nitrogen and oxygen atoms in total. The van der Waals surface area contributed by atoms with E-state index in [0.29, 0.717) is 18.0 Å². The SMILES string of the molecule is CCN(C(=O)c1cc(-c2ccc(C)c(C)c2)on1)c1ccccc1. The molecule has 0 N–H and O–H groups in total. The number of aromatic nitrogens is 1. The number of aryl methyl sites for hydroxylation is 2. The second kappa shape index (κ2) is 6.71. The molecule has 0 spiro atoms. The van der Waals surface area contributed by atoms with E-state index in [9.17, 15) is 4.79 Å². The van der Waals surface area contributed by atoms with Crippen molar-refractivity contribution >= 4 is 11.6 Å². The van der Waals surface area contributed by atoms with Gasteiger partial charge in [-0.25, -0.2) is 0 Å². The normalized spacial score (nSPS) is 10.6. The van der Waals surface area contributed by atoms with Crippen molar-refractivity contribution in [3.05, 3.63) is 71.4 Å². The van der Waals surface area contributed by atoms with Crippen LogP contribution in [0.3, 0.4) is 0 Å². The number of amides is 1. The molecule has 4 heteroatoms. The average molecular weight is 320 g/mol. The lowest BCUT2D eigenvalue weighted by Crippen LogP contribution is -2.30. The predicted octanol–water partition coefficient (Wildman–Crippen LogP) is 4.63. The van der Waals surface area contributed by atoms with Gasteiger partial charge in [-0.15, -0.1) is 0 Å². The third kappa shape index (κ3) is 3.08. The van der Waals surface area contributed by atoms with Gasteiger partial charge in [0.05, 0.1) is 0 Å². The van der Waals surface area contributed by atoms with Gasteiger partial charge in [-0.3, -0.25) is 4.79 Å². The molecule has 0 aliphatic carbocycles. The zero-order valence-electron chi connectivity index (χ0n) is 14.1. The van der Waals surface area contributed by atoms with Gasteiger partial charge in [-0.2, -0.15) is 0 Å². The van der Waals surface area contributed by atoms with Gasteiger partial charge in [-0.05, 0) is 50.1 Å². The summed E-state index contributed by atoms with van der Waals surface area (Å²) in [6.07, 6.45) is 0. The van der Waals surface area contributed by atoms with Crippen LogP contribution in [0.5, 0.6) is 0 Å². The number of carbonyl (C=O) groups is 1. The van der Waals surface area contributed by atoms with Crippen LogP contribution in [0.2, 0.25) is 0 Å². The molecule has 24 heavy (non-hydrogen) atoms. The van der Waals surface area contributed by atoms with Gasteiger partial charge in [0.15, 0.2) is 11.5 Å². The molecule has 0 aliphatic heterocycles. The van der Waals surface area contributed by atoms with Crippen molar-refractivity contribution in [3.8, 4) is 11.3 Å². The van der Waals surface area contributed by atoms with E-state index in [1.54, 1.807) is 11.0 Å². The molecule has 3 rings (SSSR count). The zero-order chi connectivity index (χ0) is 17.1. The Balaban J connectivity index is 1.89. The molecule has 1 aromatic heterocycles. The van der Waals surface area contributed by atoms with Gasteiger partial charge in [0, 0.05) is 23.9 Å². The maximum absolute atomic E-state index is 12.7. The van der Waals surface area contributed by atoms with E-state index in [4.69, 9.17) is 4.52 Å². The average Bonchev–Trinajstić information content (AvgIpc) is 3.09. The molecule has 0 radical (unpaired) electrons. The van der Waals surface area contributed by atoms with Gasteiger partial charge in [0.1, 0.15) is 0 Å². The van der Waals surface area contributed by atoms with E-state index in [1.807, 2.05) is 55.5 Å². The Morgan fingerprint density at radius 2 is 1.79 bits per heavy atom. The lowest BCUT2D eigenvalue weighted by molar-refractivity contribution is 0.0979. The third-order valence-electron chi connectivity index (χ3n) is 4.15. The van der Waals surface area contributed by atoms with Crippen molar-refractivity contribution in [2.24, 2.45) is 0 Å². The van der Waals surface area contributed by atoms with Crippen molar-refractivity contribution in [2.45, 2.75) is 20.8 Å². The minimum atomic E-state index is -0.164. The summed E-state index contributed by atoms with van der Waals surface area (Å²) in [6, 6.07) is 17.3. The number of nitrogens with zero attached hydrogens (tertiary/aromatic N) is 2. The first-order valence-corrected chi connectivity index (χ1v) is 8.01. The Hall–Kier alpha value is -2.88. The molecule has 0 fully saturated rings. The Labute approximate surface area is 141 Å². The summed E-state index contributed by atoms with van der Waals surface area (Å²) in [4.78, 5) is 14.4. The fraction of sp³-hybridized carbons (Fsp3) is 0.200. The van der Waals surface area contributed by atoms with Crippen molar-refractivity contribution in [1.82, 2.24) is 5.16 Å². The Morgan fingerprint density at radius 1 is 1.04 bits per heavy atom. The van der Waals surface area contributed by atoms with E-state index < -0.39 is 0 Å². The fourth-order valence-corrected chi connectivity index (χ4v) is 2.60. The second-order valence-electron chi connectivity index (χ2n) is 5.76. The summed E-state index contributed by atoms with van der Waals surface area (Å²) in [7, 11) is 0. The van der Waals surface area contributed by atoms with Crippen molar-refractivity contribution in [2.75, 3.05) is 11.4 Å². The highest BCUT2D eigenvalue weighted by atomic mass is 16.5. The first-order chi connectivity index (χ1) is 11.6. The van der Waals surface area contributed by atoms with E-state index in [2.05, 4.69) is 19.0 Å². The molecule has 0 unspecified atom stereocenters. The first-order valence-electron chi connectivity index (χ1n) is 8.01. The van der Waals surface area contributed by atoms with Gasteiger partial charge in [0.2, 0.25) is 0 Å². The van der Waals surface area contributed by atoms with Crippen LogP contribution in [0.4, 0.5) is 5.69 Å². The molecule has 2 aromatic carbocycles. The number of para-hydroxylation sites is 1. The van der Waals surface area contributed by atoms with E-state index >= 15 is 0 Å². The van der Waals surface area contributed by atoms with Crippen LogP contribution in [0.25, 0.3) is 11.3 Å². The summed E-state index contributed by atoms with van der Waals surface area (Å²) >= 11 is 0. The van der Waals surface area contributed by atoms with E-state index in [-0.39, 0.29) is 5.91 Å². The van der Waals surface area contributed by atoms with Gasteiger partial charge < -0.3 is 9.42 Å². The zero-order valence-corrected chi connectivity index (χ0v) is 14.1. The Kier molecular flexibility index (Phi) is 4.47. The van der Waals surface area contributed by atoms with Crippen molar-refractivity contribution in [3.63, 3.8) is 0 Å². The largest absolute Gasteiger partial charge is 0.355 e. The van der Waals surface area contributed by atoms with Crippen molar-refractivity contribution in [1.29, 1.82) is 0 Å². The number of anilines is 1. The Morgan fingerprint density at radius 3 is 2.46 bits per heavy atom. The fourth-order valence-electron chi connectivity index (χ4n) is 2.60. The molecule has 1 amide bonds. The highest BCUT2D eigenvalue weighted by Gasteiger charge is 2.20. The lowest BCUT2D eigenvalue weighted by Gasteiger charge is -2.19. The summed E-state index contributed by atoms with van der Waals surface area (Å²) in [5.74, 6) is 0.438. The first kappa shape index (κ1) is 16.0.